The highest BCUT2D eigenvalue weighted by Gasteiger charge is 2.11. The van der Waals surface area contributed by atoms with Gasteiger partial charge in [-0.3, -0.25) is 0 Å². The Morgan fingerprint density at radius 1 is 1.43 bits per heavy atom. The van der Waals surface area contributed by atoms with Crippen LogP contribution in [0.4, 0.5) is 0 Å². The number of aromatic nitrogens is 1. The van der Waals surface area contributed by atoms with Crippen molar-refractivity contribution < 1.29 is 0 Å². The molecule has 0 fully saturated rings. The number of hydrogen-bond acceptors (Lipinski definition) is 3. The van der Waals surface area contributed by atoms with Gasteiger partial charge in [-0.2, -0.15) is 0 Å². The summed E-state index contributed by atoms with van der Waals surface area (Å²) in [7, 11) is 0. The van der Waals surface area contributed by atoms with Crippen LogP contribution in [0, 0.1) is 6.92 Å². The van der Waals surface area contributed by atoms with Gasteiger partial charge in [-0.25, -0.2) is 4.98 Å². The summed E-state index contributed by atoms with van der Waals surface area (Å²) < 4.78 is 0. The maximum absolute atomic E-state index is 4.57. The molecule has 0 amide bonds. The van der Waals surface area contributed by atoms with E-state index in [2.05, 4.69) is 38.0 Å². The summed E-state index contributed by atoms with van der Waals surface area (Å²) >= 11 is 1.82. The Labute approximate surface area is 90.8 Å². The summed E-state index contributed by atoms with van der Waals surface area (Å²) in [5.74, 6) is 0.540. The van der Waals surface area contributed by atoms with Crippen molar-refractivity contribution >= 4 is 11.3 Å². The van der Waals surface area contributed by atoms with Crippen LogP contribution in [0.25, 0.3) is 0 Å². The van der Waals surface area contributed by atoms with Crippen LogP contribution >= 0.6 is 11.3 Å². The van der Waals surface area contributed by atoms with E-state index in [1.807, 2.05) is 11.3 Å². The number of hydrogen-bond donors (Lipinski definition) is 1. The molecular formula is C11H20N2S. The third-order valence-corrected chi connectivity index (χ3v) is 3.08. The first-order valence-corrected chi connectivity index (χ1v) is 6.13. The smallest absolute Gasteiger partial charge is 0.0900 e. The lowest BCUT2D eigenvalue weighted by Crippen LogP contribution is -2.14. The monoisotopic (exact) mass is 212 g/mol. The summed E-state index contributed by atoms with van der Waals surface area (Å²) in [6.45, 7) is 10.8. The molecule has 0 saturated heterocycles. The van der Waals surface area contributed by atoms with Gasteiger partial charge < -0.3 is 5.32 Å². The van der Waals surface area contributed by atoms with Gasteiger partial charge in [0.15, 0.2) is 0 Å². The Balaban J connectivity index is 2.64. The summed E-state index contributed by atoms with van der Waals surface area (Å²) in [5.41, 5.74) is 1.27. The number of nitrogens with one attached hydrogen (secondary N) is 1. The first kappa shape index (κ1) is 11.7. The molecule has 0 aliphatic heterocycles. The van der Waals surface area contributed by atoms with Crippen molar-refractivity contribution in [3.63, 3.8) is 0 Å². The van der Waals surface area contributed by atoms with Crippen molar-refractivity contribution in [3.8, 4) is 0 Å². The standard InChI is InChI=1S/C11H20N2S/c1-5-6-12-7-10-11(8(2)3)13-9(4)14-10/h8,12H,5-7H2,1-4H3. The fourth-order valence-electron chi connectivity index (χ4n) is 1.44. The second-order valence-corrected chi connectivity index (χ2v) is 5.16. The predicted molar refractivity (Wildman–Crippen MR) is 62.9 cm³/mol. The molecule has 0 atom stereocenters. The number of aryl methyl sites for hydroxylation is 1. The van der Waals surface area contributed by atoms with Gasteiger partial charge in [-0.1, -0.05) is 20.8 Å². The lowest BCUT2D eigenvalue weighted by molar-refractivity contribution is 0.670. The second-order valence-electron chi connectivity index (χ2n) is 3.87. The van der Waals surface area contributed by atoms with Crippen LogP contribution < -0.4 is 5.32 Å². The van der Waals surface area contributed by atoms with Gasteiger partial charge in [0.1, 0.15) is 0 Å². The first-order valence-electron chi connectivity index (χ1n) is 5.32. The normalized spacial score (nSPS) is 11.2. The van der Waals surface area contributed by atoms with Gasteiger partial charge in [0.05, 0.1) is 10.7 Å². The Kier molecular flexibility index (Phi) is 4.55. The van der Waals surface area contributed by atoms with E-state index in [0.29, 0.717) is 5.92 Å². The van der Waals surface area contributed by atoms with Gasteiger partial charge in [0, 0.05) is 11.4 Å². The number of thiazole rings is 1. The van der Waals surface area contributed by atoms with E-state index in [4.69, 9.17) is 0 Å². The summed E-state index contributed by atoms with van der Waals surface area (Å²) in [6, 6.07) is 0. The highest BCUT2D eigenvalue weighted by molar-refractivity contribution is 7.11. The number of nitrogens with zero attached hydrogens (tertiary/aromatic N) is 1. The van der Waals surface area contributed by atoms with E-state index in [-0.39, 0.29) is 0 Å². The van der Waals surface area contributed by atoms with Crippen molar-refractivity contribution in [2.24, 2.45) is 0 Å². The van der Waals surface area contributed by atoms with Crippen LogP contribution in [0.15, 0.2) is 0 Å². The van der Waals surface area contributed by atoms with Crippen molar-refractivity contribution in [2.75, 3.05) is 6.54 Å². The molecule has 1 heterocycles. The van der Waals surface area contributed by atoms with Crippen LogP contribution in [0.3, 0.4) is 0 Å². The molecule has 14 heavy (non-hydrogen) atoms. The molecule has 1 N–H and O–H groups in total. The molecule has 1 rings (SSSR count). The third-order valence-electron chi connectivity index (χ3n) is 2.09. The van der Waals surface area contributed by atoms with Gasteiger partial charge in [0.2, 0.25) is 0 Å². The van der Waals surface area contributed by atoms with E-state index in [1.165, 1.54) is 22.0 Å². The van der Waals surface area contributed by atoms with Gasteiger partial charge in [0.25, 0.3) is 0 Å². The minimum Gasteiger partial charge on any atom is -0.312 e. The average Bonchev–Trinajstić information content (AvgIpc) is 2.47. The Morgan fingerprint density at radius 3 is 2.71 bits per heavy atom. The van der Waals surface area contributed by atoms with Crippen molar-refractivity contribution in [2.45, 2.75) is 46.6 Å². The highest BCUT2D eigenvalue weighted by atomic mass is 32.1. The zero-order valence-electron chi connectivity index (χ0n) is 9.55. The maximum Gasteiger partial charge on any atom is 0.0900 e. The van der Waals surface area contributed by atoms with Crippen molar-refractivity contribution in [3.05, 3.63) is 15.6 Å². The quantitative estimate of drug-likeness (QED) is 0.759. The molecule has 0 radical (unpaired) electrons. The average molecular weight is 212 g/mol. The highest BCUT2D eigenvalue weighted by Crippen LogP contribution is 2.24. The molecule has 0 aliphatic carbocycles. The minimum absolute atomic E-state index is 0.540. The van der Waals surface area contributed by atoms with Crippen LogP contribution in [0.2, 0.25) is 0 Å². The SMILES string of the molecule is CCCNCc1sc(C)nc1C(C)C. The van der Waals surface area contributed by atoms with E-state index in [0.717, 1.165) is 13.1 Å². The fourth-order valence-corrected chi connectivity index (χ4v) is 2.50. The molecule has 0 unspecified atom stereocenters. The second kappa shape index (κ2) is 5.47. The maximum atomic E-state index is 4.57. The number of rotatable bonds is 5. The van der Waals surface area contributed by atoms with Crippen LogP contribution in [0.5, 0.6) is 0 Å². The van der Waals surface area contributed by atoms with Gasteiger partial charge in [-0.15, -0.1) is 11.3 Å². The summed E-state index contributed by atoms with van der Waals surface area (Å²) in [6.07, 6.45) is 1.19. The Bertz CT molecular complexity index is 279. The molecule has 0 spiro atoms. The molecule has 0 bridgehead atoms. The first-order chi connectivity index (χ1) is 6.65. The summed E-state index contributed by atoms with van der Waals surface area (Å²) in [4.78, 5) is 5.98. The Morgan fingerprint density at radius 2 is 2.14 bits per heavy atom. The van der Waals surface area contributed by atoms with E-state index < -0.39 is 0 Å². The molecule has 2 nitrogen and oxygen atoms in total. The van der Waals surface area contributed by atoms with Gasteiger partial charge in [-0.05, 0) is 25.8 Å². The molecule has 1 aromatic rings. The largest absolute Gasteiger partial charge is 0.312 e. The van der Waals surface area contributed by atoms with E-state index in [1.54, 1.807) is 0 Å². The predicted octanol–water partition coefficient (Wildman–Crippen LogP) is 3.07. The molecule has 3 heteroatoms. The minimum atomic E-state index is 0.540. The van der Waals surface area contributed by atoms with Crippen LogP contribution in [0.1, 0.15) is 48.7 Å². The molecule has 0 saturated carbocycles. The molecule has 80 valence electrons. The van der Waals surface area contributed by atoms with Crippen LogP contribution in [-0.4, -0.2) is 11.5 Å². The van der Waals surface area contributed by atoms with Crippen LogP contribution in [-0.2, 0) is 6.54 Å². The van der Waals surface area contributed by atoms with Gasteiger partial charge >= 0.3 is 0 Å². The van der Waals surface area contributed by atoms with E-state index in [9.17, 15) is 0 Å². The molecule has 0 aromatic carbocycles. The molecule has 1 aromatic heterocycles. The fraction of sp³-hybridized carbons (Fsp3) is 0.727. The van der Waals surface area contributed by atoms with Crippen molar-refractivity contribution in [1.29, 1.82) is 0 Å². The zero-order chi connectivity index (χ0) is 10.6. The lowest BCUT2D eigenvalue weighted by Gasteiger charge is -2.05. The summed E-state index contributed by atoms with van der Waals surface area (Å²) in [5, 5.41) is 4.61. The lowest BCUT2D eigenvalue weighted by atomic mass is 10.1. The third kappa shape index (κ3) is 3.07. The zero-order valence-corrected chi connectivity index (χ0v) is 10.4. The molecule has 0 aliphatic rings. The molecular weight excluding hydrogens is 192 g/mol. The topological polar surface area (TPSA) is 24.9 Å². The van der Waals surface area contributed by atoms with Crippen molar-refractivity contribution in [1.82, 2.24) is 10.3 Å². The Hall–Kier alpha value is -0.410. The van der Waals surface area contributed by atoms with E-state index >= 15 is 0 Å².